The summed E-state index contributed by atoms with van der Waals surface area (Å²) < 4.78 is 16.4. The molecule has 1 fully saturated rings. The molecule has 5 N–H and O–H groups in total. The maximum absolute atomic E-state index is 13.0. The van der Waals surface area contributed by atoms with Crippen molar-refractivity contribution in [1.29, 1.82) is 0 Å². The average molecular weight is 564 g/mol. The molecule has 0 saturated heterocycles. The highest BCUT2D eigenvalue weighted by molar-refractivity contribution is 5.96. The van der Waals surface area contributed by atoms with Crippen molar-refractivity contribution in [2.45, 2.75) is 89.9 Å². The summed E-state index contributed by atoms with van der Waals surface area (Å²) >= 11 is 0. The summed E-state index contributed by atoms with van der Waals surface area (Å²) in [7, 11) is 3.23. The zero-order valence-corrected chi connectivity index (χ0v) is 25.0. The molecule has 0 aliphatic heterocycles. The van der Waals surface area contributed by atoms with Crippen LogP contribution in [0.1, 0.15) is 82.0 Å². The molecule has 2 rings (SSSR count). The van der Waals surface area contributed by atoms with Gasteiger partial charge in [-0.2, -0.15) is 0 Å². The number of hydrogen-bond donors (Lipinski definition) is 4. The van der Waals surface area contributed by atoms with Crippen LogP contribution >= 0.6 is 0 Å². The van der Waals surface area contributed by atoms with Gasteiger partial charge in [-0.25, -0.2) is 0 Å². The molecule has 0 unspecified atom stereocenters. The van der Waals surface area contributed by atoms with Crippen LogP contribution in [0.3, 0.4) is 0 Å². The van der Waals surface area contributed by atoms with Gasteiger partial charge in [0.15, 0.2) is 0 Å². The molecule has 0 heterocycles. The van der Waals surface area contributed by atoms with E-state index in [1.54, 1.807) is 26.4 Å². The zero-order chi connectivity index (χ0) is 29.3. The number of unbranched alkanes of at least 4 members (excludes halogenated alkanes) is 1. The van der Waals surface area contributed by atoms with Crippen molar-refractivity contribution in [1.82, 2.24) is 10.6 Å². The van der Waals surface area contributed by atoms with Crippen LogP contribution in [0, 0.1) is 17.8 Å². The topological polar surface area (TPSA) is 132 Å². The van der Waals surface area contributed by atoms with Gasteiger partial charge in [-0.1, -0.05) is 58.1 Å². The number of hydrogen-bond acceptors (Lipinski definition) is 7. The first-order valence-corrected chi connectivity index (χ1v) is 15.0. The molecule has 9 heteroatoms. The number of para-hydroxylation sites is 1. The Morgan fingerprint density at radius 1 is 1.02 bits per heavy atom. The Kier molecular flexibility index (Phi) is 16.2. The van der Waals surface area contributed by atoms with E-state index in [0.29, 0.717) is 49.8 Å². The monoisotopic (exact) mass is 563 g/mol. The second-order valence-electron chi connectivity index (χ2n) is 11.4. The molecule has 4 atom stereocenters. The highest BCUT2D eigenvalue weighted by atomic mass is 16.5. The average Bonchev–Trinajstić information content (AvgIpc) is 2.96. The number of rotatable bonds is 19. The Labute approximate surface area is 240 Å². The Hall–Kier alpha value is -2.20. The number of carbonyl (C=O) groups excluding carboxylic acids is 2. The van der Waals surface area contributed by atoms with E-state index in [-0.39, 0.29) is 30.2 Å². The summed E-state index contributed by atoms with van der Waals surface area (Å²) in [5.41, 5.74) is 6.85. The largest absolute Gasteiger partial charge is 0.493 e. The Bertz CT molecular complexity index is 861. The van der Waals surface area contributed by atoms with Crippen LogP contribution in [0.5, 0.6) is 5.75 Å². The minimum atomic E-state index is -0.902. The number of nitrogens with two attached hydrogens (primary N) is 1. The minimum Gasteiger partial charge on any atom is -0.493 e. The molecule has 1 aliphatic rings. The van der Waals surface area contributed by atoms with Gasteiger partial charge >= 0.3 is 0 Å². The molecule has 1 aromatic carbocycles. The van der Waals surface area contributed by atoms with Gasteiger partial charge in [-0.15, -0.1) is 0 Å². The van der Waals surface area contributed by atoms with Crippen molar-refractivity contribution in [2.24, 2.45) is 23.5 Å². The lowest BCUT2D eigenvalue weighted by molar-refractivity contribution is -0.132. The van der Waals surface area contributed by atoms with E-state index in [4.69, 9.17) is 19.9 Å². The first-order chi connectivity index (χ1) is 19.3. The van der Waals surface area contributed by atoms with E-state index < -0.39 is 18.2 Å². The number of nitrogens with one attached hydrogen (secondary N) is 2. The van der Waals surface area contributed by atoms with Gasteiger partial charge in [0.05, 0.1) is 18.3 Å². The van der Waals surface area contributed by atoms with Crippen LogP contribution in [-0.2, 0) is 14.3 Å². The predicted octanol–water partition coefficient (Wildman–Crippen LogP) is 3.67. The summed E-state index contributed by atoms with van der Waals surface area (Å²) in [5, 5.41) is 16.6. The molecule has 0 spiro atoms. The van der Waals surface area contributed by atoms with Crippen molar-refractivity contribution in [3.05, 3.63) is 29.8 Å². The van der Waals surface area contributed by atoms with Gasteiger partial charge in [0, 0.05) is 40.0 Å². The number of methoxy groups -OCH3 is 2. The molecule has 1 saturated carbocycles. The molecule has 2 amide bonds. The summed E-state index contributed by atoms with van der Waals surface area (Å²) in [6, 6.07) is 6.67. The van der Waals surface area contributed by atoms with Gasteiger partial charge in [0.25, 0.3) is 5.91 Å². The molecule has 1 aromatic rings. The summed E-state index contributed by atoms with van der Waals surface area (Å²) in [6.07, 6.45) is 7.50. The fourth-order valence-corrected chi connectivity index (χ4v) is 5.23. The SMILES string of the molecule is COCCCCOc1ccccc1C(=O)NC[C@@H](C[C@H](N)[C@@H](O)CNC(=O)[C@@H](CC1CCCCC1)OC)C(C)C. The number of aliphatic hydroxyl groups excluding tert-OH is 1. The second-order valence-corrected chi connectivity index (χ2v) is 11.4. The lowest BCUT2D eigenvalue weighted by atomic mass is 9.85. The highest BCUT2D eigenvalue weighted by Gasteiger charge is 2.27. The molecule has 40 heavy (non-hydrogen) atoms. The first-order valence-electron chi connectivity index (χ1n) is 15.0. The third-order valence-electron chi connectivity index (χ3n) is 8.00. The number of aliphatic hydroxyl groups is 1. The third-order valence-corrected chi connectivity index (χ3v) is 8.00. The van der Waals surface area contributed by atoms with Crippen LogP contribution in [0.15, 0.2) is 24.3 Å². The molecule has 0 radical (unpaired) electrons. The van der Waals surface area contributed by atoms with Crippen LogP contribution < -0.4 is 21.1 Å². The van der Waals surface area contributed by atoms with Gasteiger partial charge in [0.2, 0.25) is 5.91 Å². The van der Waals surface area contributed by atoms with Crippen molar-refractivity contribution in [3.8, 4) is 5.75 Å². The van der Waals surface area contributed by atoms with Crippen LogP contribution in [0.2, 0.25) is 0 Å². The normalized spacial score (nSPS) is 17.2. The first kappa shape index (κ1) is 34.0. The van der Waals surface area contributed by atoms with Crippen molar-refractivity contribution < 1.29 is 28.9 Å². The second kappa shape index (κ2) is 19.0. The number of benzene rings is 1. The predicted molar refractivity (Wildman–Crippen MR) is 157 cm³/mol. The molecule has 0 aromatic heterocycles. The summed E-state index contributed by atoms with van der Waals surface area (Å²) in [4.78, 5) is 25.7. The smallest absolute Gasteiger partial charge is 0.255 e. The fourth-order valence-electron chi connectivity index (χ4n) is 5.23. The summed E-state index contributed by atoms with van der Waals surface area (Å²) in [6.45, 7) is 5.82. The molecule has 1 aliphatic carbocycles. The van der Waals surface area contributed by atoms with Crippen LogP contribution in [0.4, 0.5) is 0 Å². The van der Waals surface area contributed by atoms with E-state index in [1.807, 2.05) is 12.1 Å². The summed E-state index contributed by atoms with van der Waals surface area (Å²) in [5.74, 6) is 0.935. The van der Waals surface area contributed by atoms with Crippen molar-refractivity contribution in [2.75, 3.05) is 40.5 Å². The Balaban J connectivity index is 1.82. The number of carbonyl (C=O) groups is 2. The van der Waals surface area contributed by atoms with Crippen LogP contribution in [0.25, 0.3) is 0 Å². The maximum Gasteiger partial charge on any atom is 0.255 e. The number of amides is 2. The molecule has 228 valence electrons. The van der Waals surface area contributed by atoms with Crippen molar-refractivity contribution >= 4 is 11.8 Å². The van der Waals surface area contributed by atoms with E-state index >= 15 is 0 Å². The van der Waals surface area contributed by atoms with E-state index in [9.17, 15) is 14.7 Å². The quantitative estimate of drug-likeness (QED) is 0.189. The highest BCUT2D eigenvalue weighted by Crippen LogP contribution is 2.28. The van der Waals surface area contributed by atoms with E-state index in [0.717, 1.165) is 25.7 Å². The fraction of sp³-hybridized carbons (Fsp3) is 0.742. The standard InChI is InChI=1S/C31H53N3O6/c1-22(2)24(20-33-30(36)25-14-8-9-15-28(25)40-17-11-10-16-38-3)19-26(32)27(35)21-34-31(37)29(39-4)18-23-12-6-5-7-13-23/h8-9,14-15,22-24,26-27,29,35H,5-7,10-13,16-21,32H2,1-4H3,(H,33,36)(H,34,37)/t24-,26+,27+,29-/m1/s1. The van der Waals surface area contributed by atoms with Gasteiger partial charge < -0.3 is 35.7 Å². The van der Waals surface area contributed by atoms with Gasteiger partial charge in [0.1, 0.15) is 11.9 Å². The van der Waals surface area contributed by atoms with E-state index in [1.165, 1.54) is 19.3 Å². The van der Waals surface area contributed by atoms with Gasteiger partial charge in [-0.3, -0.25) is 9.59 Å². The lowest BCUT2D eigenvalue weighted by Crippen LogP contribution is -2.48. The zero-order valence-electron chi connectivity index (χ0n) is 25.0. The van der Waals surface area contributed by atoms with Crippen molar-refractivity contribution in [3.63, 3.8) is 0 Å². The third kappa shape index (κ3) is 12.1. The molecule has 9 nitrogen and oxygen atoms in total. The molecular formula is C31H53N3O6. The Morgan fingerprint density at radius 2 is 1.73 bits per heavy atom. The Morgan fingerprint density at radius 3 is 2.40 bits per heavy atom. The van der Waals surface area contributed by atoms with E-state index in [2.05, 4.69) is 24.5 Å². The van der Waals surface area contributed by atoms with Gasteiger partial charge in [-0.05, 0) is 55.6 Å². The molecular weight excluding hydrogens is 510 g/mol. The lowest BCUT2D eigenvalue weighted by Gasteiger charge is -2.28. The minimum absolute atomic E-state index is 0.0458. The molecule has 0 bridgehead atoms. The van der Waals surface area contributed by atoms with Crippen LogP contribution in [-0.4, -0.2) is 75.7 Å². The maximum atomic E-state index is 13.0. The number of ether oxygens (including phenoxy) is 3.